The van der Waals surface area contributed by atoms with Crippen LogP contribution in [0.2, 0.25) is 0 Å². The third-order valence-electron chi connectivity index (χ3n) is 6.55. The van der Waals surface area contributed by atoms with Gasteiger partial charge in [-0.25, -0.2) is 9.41 Å². The summed E-state index contributed by atoms with van der Waals surface area (Å²) >= 11 is 0. The van der Waals surface area contributed by atoms with Crippen molar-refractivity contribution in [2.24, 2.45) is 12.5 Å². The maximum atomic E-state index is 8.77. The fourth-order valence-corrected chi connectivity index (χ4v) is 4.87. The zero-order chi connectivity index (χ0) is 34.0. The van der Waals surface area contributed by atoms with Crippen molar-refractivity contribution in [1.29, 1.82) is 0 Å². The van der Waals surface area contributed by atoms with Gasteiger partial charge in [-0.1, -0.05) is 81.4 Å². The normalized spacial score (nSPS) is 15.8. The van der Waals surface area contributed by atoms with Crippen molar-refractivity contribution in [3.05, 3.63) is 107 Å². The van der Waals surface area contributed by atoms with Crippen LogP contribution in [0.15, 0.2) is 77.3 Å². The molecule has 3 heteroatoms. The highest BCUT2D eigenvalue weighted by atomic mass is 16.3. The Balaban J connectivity index is 1.86. The van der Waals surface area contributed by atoms with Gasteiger partial charge in [0, 0.05) is 33.5 Å². The summed E-state index contributed by atoms with van der Waals surface area (Å²) in [6.45, 7) is 9.80. The largest absolute Gasteiger partial charge is 0.468 e. The molecule has 2 heterocycles. The molecule has 2 aromatic heterocycles. The monoisotopic (exact) mass is 507 g/mol. The Morgan fingerprint density at radius 3 is 2.39 bits per heavy atom. The number of nitrogens with zero attached hydrogens (tertiary/aromatic N) is 2. The first kappa shape index (κ1) is 17.4. The lowest BCUT2D eigenvalue weighted by atomic mass is 9.86. The van der Waals surface area contributed by atoms with Crippen LogP contribution in [0.3, 0.4) is 0 Å². The zero-order valence-corrected chi connectivity index (χ0v) is 22.2. The van der Waals surface area contributed by atoms with Gasteiger partial charge >= 0.3 is 0 Å². The molecule has 0 saturated carbocycles. The Bertz CT molecular complexity index is 2010. The van der Waals surface area contributed by atoms with Gasteiger partial charge in [0.2, 0.25) is 11.4 Å². The van der Waals surface area contributed by atoms with E-state index in [-0.39, 0.29) is 27.8 Å². The van der Waals surface area contributed by atoms with Crippen molar-refractivity contribution < 1.29 is 20.0 Å². The molecule has 0 bridgehead atoms. The lowest BCUT2D eigenvalue weighted by Gasteiger charge is -2.19. The van der Waals surface area contributed by atoms with Crippen molar-refractivity contribution in [2.45, 2.75) is 47.8 Å². The van der Waals surface area contributed by atoms with Crippen LogP contribution in [0.5, 0.6) is 0 Å². The quantitative estimate of drug-likeness (QED) is 0.175. The standard InChI is InChI=1S/C35H35N2O/c1-22-14-16-28-32(36-7)33(26-12-10-9-11-13-26)38-34(28)31(22)30-19-29(24(3)21-37(30)8)27-17-15-25(18-23(27)2)20-35(4,5)6/h9-19,21H,20H2,1-6,8H3/q+1/i2D3,3D3,20D2. The fraction of sp³-hybridized carbons (Fsp3) is 0.257. The van der Waals surface area contributed by atoms with Crippen LogP contribution in [-0.4, -0.2) is 0 Å². The van der Waals surface area contributed by atoms with Crippen molar-refractivity contribution in [3.63, 3.8) is 0 Å². The Morgan fingerprint density at radius 2 is 1.71 bits per heavy atom. The lowest BCUT2D eigenvalue weighted by Crippen LogP contribution is -2.31. The van der Waals surface area contributed by atoms with Crippen molar-refractivity contribution in [3.8, 4) is 33.7 Å². The second-order valence-corrected chi connectivity index (χ2v) is 10.6. The topological polar surface area (TPSA) is 21.4 Å². The third-order valence-corrected chi connectivity index (χ3v) is 6.55. The van der Waals surface area contributed by atoms with Gasteiger partial charge in [-0.2, -0.15) is 0 Å². The molecule has 5 rings (SSSR count). The molecule has 0 atom stereocenters. The maximum Gasteiger partial charge on any atom is 0.240 e. The van der Waals surface area contributed by atoms with E-state index < -0.39 is 25.5 Å². The molecule has 0 radical (unpaired) electrons. The highest BCUT2D eigenvalue weighted by Gasteiger charge is 2.25. The van der Waals surface area contributed by atoms with Crippen molar-refractivity contribution >= 4 is 16.7 Å². The number of benzene rings is 3. The summed E-state index contributed by atoms with van der Waals surface area (Å²) in [5.41, 5.74) is 3.11. The molecular weight excluding hydrogens is 464 g/mol. The van der Waals surface area contributed by atoms with E-state index in [0.717, 1.165) is 11.1 Å². The number of aryl methyl sites for hydroxylation is 4. The predicted octanol–water partition coefficient (Wildman–Crippen LogP) is 9.32. The average Bonchev–Trinajstić information content (AvgIpc) is 3.34. The second-order valence-electron chi connectivity index (χ2n) is 10.6. The van der Waals surface area contributed by atoms with E-state index in [0.29, 0.717) is 33.7 Å². The van der Waals surface area contributed by atoms with Gasteiger partial charge in [-0.15, -0.1) is 0 Å². The second kappa shape index (κ2) is 9.62. The van der Waals surface area contributed by atoms with Gasteiger partial charge < -0.3 is 4.42 Å². The Morgan fingerprint density at radius 1 is 0.947 bits per heavy atom. The minimum absolute atomic E-state index is 0.0491. The first-order chi connectivity index (χ1) is 21.3. The predicted molar refractivity (Wildman–Crippen MR) is 157 cm³/mol. The van der Waals surface area contributed by atoms with Crippen LogP contribution >= 0.6 is 0 Å². The maximum absolute atomic E-state index is 8.77. The molecule has 38 heavy (non-hydrogen) atoms. The number of fused-ring (bicyclic) bond motifs is 1. The van der Waals surface area contributed by atoms with Gasteiger partial charge in [-0.3, -0.25) is 0 Å². The number of rotatable bonds is 4. The van der Waals surface area contributed by atoms with E-state index >= 15 is 0 Å². The van der Waals surface area contributed by atoms with E-state index in [1.54, 1.807) is 44.5 Å². The third kappa shape index (κ3) is 4.63. The van der Waals surface area contributed by atoms with E-state index in [4.69, 9.17) is 22.0 Å². The molecule has 0 aliphatic heterocycles. The Hall–Kier alpha value is -4.16. The van der Waals surface area contributed by atoms with Crippen LogP contribution in [0, 0.1) is 32.6 Å². The molecule has 0 N–H and O–H groups in total. The number of hydrogen-bond donors (Lipinski definition) is 0. The summed E-state index contributed by atoms with van der Waals surface area (Å²) in [5, 5.41) is 0.604. The summed E-state index contributed by atoms with van der Waals surface area (Å²) in [4.78, 5) is 3.80. The molecular formula is C35H35N2O+. The fourth-order valence-electron chi connectivity index (χ4n) is 4.87. The molecule has 190 valence electrons. The minimum Gasteiger partial charge on any atom is -0.468 e. The molecule has 5 aromatic rings. The van der Waals surface area contributed by atoms with Gasteiger partial charge in [0.1, 0.15) is 18.4 Å². The molecule has 0 aliphatic carbocycles. The summed E-state index contributed by atoms with van der Waals surface area (Å²) < 4.78 is 76.0. The van der Waals surface area contributed by atoms with Crippen LogP contribution in [-0.2, 0) is 13.4 Å². The van der Waals surface area contributed by atoms with Crippen molar-refractivity contribution in [2.75, 3.05) is 0 Å². The molecule has 0 aliphatic rings. The van der Waals surface area contributed by atoms with Gasteiger partial charge in [0.15, 0.2) is 6.20 Å². The molecule has 0 amide bonds. The van der Waals surface area contributed by atoms with Gasteiger partial charge in [0.05, 0.1) is 12.1 Å². The Labute approximate surface area is 237 Å². The molecule has 0 saturated heterocycles. The van der Waals surface area contributed by atoms with Crippen LogP contribution in [0.25, 0.3) is 49.5 Å². The van der Waals surface area contributed by atoms with E-state index in [2.05, 4.69) is 4.85 Å². The van der Waals surface area contributed by atoms with Gasteiger partial charge in [-0.05, 0) is 60.2 Å². The number of pyridine rings is 1. The van der Waals surface area contributed by atoms with E-state index in [9.17, 15) is 0 Å². The zero-order valence-electron chi connectivity index (χ0n) is 30.2. The molecule has 0 spiro atoms. The average molecular weight is 508 g/mol. The van der Waals surface area contributed by atoms with Crippen LogP contribution < -0.4 is 4.57 Å². The molecule has 3 nitrogen and oxygen atoms in total. The number of hydrogen-bond acceptors (Lipinski definition) is 1. The summed E-state index contributed by atoms with van der Waals surface area (Å²) in [6, 6.07) is 19.1. The summed E-state index contributed by atoms with van der Waals surface area (Å²) in [6.07, 6.45) is -0.381. The minimum atomic E-state index is -2.67. The highest BCUT2D eigenvalue weighted by molar-refractivity contribution is 6.05. The lowest BCUT2D eigenvalue weighted by molar-refractivity contribution is -0.660. The Kier molecular flexibility index (Phi) is 4.40. The SMILES string of the molecule is [2H]C([2H])([2H])c1cc(C([2H])([2H])C(C)(C)C)ccc1-c1cc(-c2c(C)ccc3c([N+]#[C-])c(-c4ccccc4)oc23)[n+](C)cc1C([2H])([2H])[2H]. The smallest absolute Gasteiger partial charge is 0.240 e. The molecule has 0 unspecified atom stereocenters. The van der Waals surface area contributed by atoms with Crippen molar-refractivity contribution in [1.82, 2.24) is 0 Å². The highest BCUT2D eigenvalue weighted by Crippen LogP contribution is 2.44. The van der Waals surface area contributed by atoms with E-state index in [1.165, 1.54) is 18.3 Å². The first-order valence-electron chi connectivity index (χ1n) is 16.5. The molecule has 0 fully saturated rings. The molecule has 3 aromatic carbocycles. The van der Waals surface area contributed by atoms with Crippen LogP contribution in [0.1, 0.15) is 54.0 Å². The van der Waals surface area contributed by atoms with Crippen LogP contribution in [0.4, 0.5) is 5.69 Å². The number of furan rings is 1. The first-order valence-corrected chi connectivity index (χ1v) is 12.5. The van der Waals surface area contributed by atoms with E-state index in [1.807, 2.05) is 49.4 Å². The van der Waals surface area contributed by atoms with Gasteiger partial charge in [0.25, 0.3) is 0 Å². The summed E-state index contributed by atoms with van der Waals surface area (Å²) in [7, 11) is 1.72. The number of aromatic nitrogens is 1. The summed E-state index contributed by atoms with van der Waals surface area (Å²) in [5.74, 6) is 0.424.